The van der Waals surface area contributed by atoms with Gasteiger partial charge in [0.25, 0.3) is 5.91 Å². The number of ether oxygens (including phenoxy) is 1. The van der Waals surface area contributed by atoms with Gasteiger partial charge in [-0.25, -0.2) is 0 Å². The van der Waals surface area contributed by atoms with Gasteiger partial charge in [0, 0.05) is 12.7 Å². The molecule has 1 amide bonds. The Hall–Kier alpha value is -2.34. The number of aryl methyl sites for hydroxylation is 1. The van der Waals surface area contributed by atoms with E-state index < -0.39 is 0 Å². The first kappa shape index (κ1) is 16.0. The molecule has 0 atom stereocenters. The second-order valence-electron chi connectivity index (χ2n) is 5.45. The van der Waals surface area contributed by atoms with Crippen LogP contribution in [0.3, 0.4) is 0 Å². The van der Waals surface area contributed by atoms with Crippen LogP contribution >= 0.6 is 0 Å². The number of likely N-dealkylation sites (N-methyl/N-ethyl adjacent to an activating group) is 1. The lowest BCUT2D eigenvalue weighted by Crippen LogP contribution is -2.20. The summed E-state index contributed by atoms with van der Waals surface area (Å²) >= 11 is 0. The molecule has 118 valence electrons. The van der Waals surface area contributed by atoms with Crippen molar-refractivity contribution in [1.29, 1.82) is 0 Å². The molecule has 22 heavy (non-hydrogen) atoms. The molecule has 1 aromatic carbocycles. The van der Waals surface area contributed by atoms with Crippen molar-refractivity contribution in [3.05, 3.63) is 42.2 Å². The van der Waals surface area contributed by atoms with Crippen LogP contribution < -0.4 is 10.1 Å². The van der Waals surface area contributed by atoms with Crippen LogP contribution in [0.2, 0.25) is 0 Å². The minimum atomic E-state index is -0.200. The highest BCUT2D eigenvalue weighted by Crippen LogP contribution is 2.12. The maximum absolute atomic E-state index is 11.9. The zero-order valence-corrected chi connectivity index (χ0v) is 13.2. The second-order valence-corrected chi connectivity index (χ2v) is 5.45. The lowest BCUT2D eigenvalue weighted by molar-refractivity contribution is -0.118. The third-order valence-electron chi connectivity index (χ3n) is 3.05. The predicted octanol–water partition coefficient (Wildman–Crippen LogP) is 1.77. The van der Waals surface area contributed by atoms with Gasteiger partial charge < -0.3 is 15.0 Å². The Morgan fingerprint density at radius 2 is 2.23 bits per heavy atom. The van der Waals surface area contributed by atoms with E-state index in [0.29, 0.717) is 11.4 Å². The van der Waals surface area contributed by atoms with E-state index in [1.54, 1.807) is 10.9 Å². The molecule has 6 nitrogen and oxygen atoms in total. The Morgan fingerprint density at radius 1 is 1.41 bits per heavy atom. The highest BCUT2D eigenvalue weighted by molar-refractivity contribution is 5.91. The normalized spacial score (nSPS) is 10.7. The summed E-state index contributed by atoms with van der Waals surface area (Å²) in [5.74, 6) is 0.491. The number of hydrogen-bond acceptors (Lipinski definition) is 4. The molecule has 6 heteroatoms. The monoisotopic (exact) mass is 302 g/mol. The molecular formula is C16H22N4O2. The summed E-state index contributed by atoms with van der Waals surface area (Å²) in [5, 5.41) is 6.98. The van der Waals surface area contributed by atoms with Crippen LogP contribution in [0.5, 0.6) is 5.75 Å². The predicted molar refractivity (Wildman–Crippen MR) is 86.1 cm³/mol. The summed E-state index contributed by atoms with van der Waals surface area (Å²) in [6.07, 6.45) is 3.45. The van der Waals surface area contributed by atoms with Crippen LogP contribution in [-0.2, 0) is 11.3 Å². The van der Waals surface area contributed by atoms with Crippen LogP contribution in [0.15, 0.2) is 36.7 Å². The van der Waals surface area contributed by atoms with Crippen molar-refractivity contribution >= 4 is 11.6 Å². The quantitative estimate of drug-likeness (QED) is 0.847. The average Bonchev–Trinajstić information content (AvgIpc) is 2.90. The van der Waals surface area contributed by atoms with Gasteiger partial charge in [0.1, 0.15) is 5.75 Å². The third kappa shape index (κ3) is 5.21. The Morgan fingerprint density at radius 3 is 2.95 bits per heavy atom. The largest absolute Gasteiger partial charge is 0.484 e. The lowest BCUT2D eigenvalue weighted by atomic mass is 10.2. The van der Waals surface area contributed by atoms with E-state index in [-0.39, 0.29) is 12.5 Å². The van der Waals surface area contributed by atoms with E-state index in [0.717, 1.165) is 18.7 Å². The van der Waals surface area contributed by atoms with Crippen LogP contribution in [-0.4, -0.2) is 47.8 Å². The van der Waals surface area contributed by atoms with Crippen molar-refractivity contribution < 1.29 is 9.53 Å². The molecule has 1 heterocycles. The molecule has 0 saturated carbocycles. The topological polar surface area (TPSA) is 59.4 Å². The molecule has 1 aromatic heterocycles. The number of nitrogens with one attached hydrogen (secondary N) is 1. The van der Waals surface area contributed by atoms with E-state index in [2.05, 4.69) is 15.3 Å². The number of aromatic nitrogens is 2. The molecule has 0 spiro atoms. The van der Waals surface area contributed by atoms with Gasteiger partial charge in [-0.1, -0.05) is 12.1 Å². The van der Waals surface area contributed by atoms with Crippen molar-refractivity contribution in [2.75, 3.05) is 32.6 Å². The minimum Gasteiger partial charge on any atom is -0.484 e. The molecule has 0 bridgehead atoms. The zero-order chi connectivity index (χ0) is 15.9. The van der Waals surface area contributed by atoms with Crippen LogP contribution in [0, 0.1) is 6.92 Å². The summed E-state index contributed by atoms with van der Waals surface area (Å²) in [7, 11) is 4.02. The molecule has 0 saturated heterocycles. The summed E-state index contributed by atoms with van der Waals surface area (Å²) < 4.78 is 7.26. The molecule has 2 rings (SSSR count). The molecule has 0 unspecified atom stereocenters. The number of hydrogen-bond donors (Lipinski definition) is 1. The first-order chi connectivity index (χ1) is 10.5. The summed E-state index contributed by atoms with van der Waals surface area (Å²) in [6.45, 7) is 3.63. The number of nitrogens with zero attached hydrogens (tertiary/aromatic N) is 3. The Bertz CT molecular complexity index is 622. The van der Waals surface area contributed by atoms with E-state index in [9.17, 15) is 4.79 Å². The van der Waals surface area contributed by atoms with Crippen molar-refractivity contribution in [2.45, 2.75) is 13.5 Å². The Kier molecular flexibility index (Phi) is 5.55. The maximum atomic E-state index is 11.9. The number of amides is 1. The molecule has 2 aromatic rings. The van der Waals surface area contributed by atoms with Crippen molar-refractivity contribution in [2.24, 2.45) is 0 Å². The second kappa shape index (κ2) is 7.61. The SMILES string of the molecule is Cc1cccc(OCC(=O)Nc2cnn(CCN(C)C)c2)c1. The lowest BCUT2D eigenvalue weighted by Gasteiger charge is -2.08. The number of rotatable bonds is 7. The van der Waals surface area contributed by atoms with E-state index >= 15 is 0 Å². The average molecular weight is 302 g/mol. The van der Waals surface area contributed by atoms with Gasteiger partial charge in [-0.15, -0.1) is 0 Å². The molecule has 0 radical (unpaired) electrons. The molecule has 0 aliphatic rings. The van der Waals surface area contributed by atoms with Crippen molar-refractivity contribution in [3.8, 4) is 5.75 Å². The van der Waals surface area contributed by atoms with Crippen LogP contribution in [0.1, 0.15) is 5.56 Å². The van der Waals surface area contributed by atoms with Crippen LogP contribution in [0.4, 0.5) is 5.69 Å². The maximum Gasteiger partial charge on any atom is 0.262 e. The van der Waals surface area contributed by atoms with Gasteiger partial charge in [0.05, 0.1) is 18.4 Å². The van der Waals surface area contributed by atoms with Gasteiger partial charge >= 0.3 is 0 Å². The Labute approximate surface area is 130 Å². The zero-order valence-electron chi connectivity index (χ0n) is 13.2. The molecule has 1 N–H and O–H groups in total. The van der Waals surface area contributed by atoms with Gasteiger partial charge in [0.15, 0.2) is 6.61 Å². The Balaban J connectivity index is 1.79. The van der Waals surface area contributed by atoms with Crippen molar-refractivity contribution in [3.63, 3.8) is 0 Å². The molecule has 0 aliphatic carbocycles. The van der Waals surface area contributed by atoms with Crippen molar-refractivity contribution in [1.82, 2.24) is 14.7 Å². The van der Waals surface area contributed by atoms with Crippen LogP contribution in [0.25, 0.3) is 0 Å². The highest BCUT2D eigenvalue weighted by Gasteiger charge is 2.06. The summed E-state index contributed by atoms with van der Waals surface area (Å²) in [5.41, 5.74) is 1.77. The van der Waals surface area contributed by atoms with Gasteiger partial charge in [-0.3, -0.25) is 9.48 Å². The summed E-state index contributed by atoms with van der Waals surface area (Å²) in [4.78, 5) is 13.9. The third-order valence-corrected chi connectivity index (χ3v) is 3.05. The molecule has 0 aliphatic heterocycles. The van der Waals surface area contributed by atoms with Gasteiger partial charge in [0.2, 0.25) is 0 Å². The number of carbonyl (C=O) groups excluding carboxylic acids is 1. The number of anilines is 1. The molecule has 0 fully saturated rings. The first-order valence-electron chi connectivity index (χ1n) is 7.19. The smallest absolute Gasteiger partial charge is 0.262 e. The van der Waals surface area contributed by atoms with Gasteiger partial charge in [-0.2, -0.15) is 5.10 Å². The number of carbonyl (C=O) groups is 1. The fourth-order valence-electron chi connectivity index (χ4n) is 1.90. The molecular weight excluding hydrogens is 280 g/mol. The highest BCUT2D eigenvalue weighted by atomic mass is 16.5. The first-order valence-corrected chi connectivity index (χ1v) is 7.19. The standard InChI is InChI=1S/C16H22N4O2/c1-13-5-4-6-15(9-13)22-12-16(21)18-14-10-17-20(11-14)8-7-19(2)3/h4-6,9-11H,7-8,12H2,1-3H3,(H,18,21). The number of benzene rings is 1. The van der Waals surface area contributed by atoms with E-state index in [1.165, 1.54) is 0 Å². The minimum absolute atomic E-state index is 0.0215. The van der Waals surface area contributed by atoms with Gasteiger partial charge in [-0.05, 0) is 38.7 Å². The fraction of sp³-hybridized carbons (Fsp3) is 0.375. The van der Waals surface area contributed by atoms with E-state index in [4.69, 9.17) is 4.74 Å². The summed E-state index contributed by atoms with van der Waals surface area (Å²) in [6, 6.07) is 7.61. The fourth-order valence-corrected chi connectivity index (χ4v) is 1.90. The van der Waals surface area contributed by atoms with E-state index in [1.807, 2.05) is 51.5 Å².